The van der Waals surface area contributed by atoms with Crippen LogP contribution < -0.4 is 15.7 Å². The van der Waals surface area contributed by atoms with Crippen LogP contribution in [0.2, 0.25) is 10.0 Å². The highest BCUT2D eigenvalue weighted by Gasteiger charge is 2.16. The zero-order chi connectivity index (χ0) is 18.0. The maximum absolute atomic E-state index is 12.3. The number of fused-ring (bicyclic) bond motifs is 1. The van der Waals surface area contributed by atoms with E-state index in [9.17, 15) is 9.59 Å². The fourth-order valence-electron chi connectivity index (χ4n) is 2.20. The van der Waals surface area contributed by atoms with E-state index in [-0.39, 0.29) is 5.91 Å². The molecule has 1 unspecified atom stereocenters. The summed E-state index contributed by atoms with van der Waals surface area (Å²) in [5.74, 6) is 0.0329. The standard InChI is InChI=1S/C18H13Cl2NO4/c1-10(18(23)21-15-6-4-12(19)8-14(15)20)24-13-5-2-11-3-7-17(22)25-16(11)9-13/h2-10H,1H3,(H,21,23). The van der Waals surface area contributed by atoms with Gasteiger partial charge in [-0.1, -0.05) is 23.2 Å². The van der Waals surface area contributed by atoms with Gasteiger partial charge in [-0.05, 0) is 43.3 Å². The van der Waals surface area contributed by atoms with Crippen LogP contribution in [0.1, 0.15) is 6.92 Å². The van der Waals surface area contributed by atoms with Gasteiger partial charge in [0.05, 0.1) is 10.7 Å². The summed E-state index contributed by atoms with van der Waals surface area (Å²) in [5.41, 5.74) is 0.377. The third-order valence-electron chi connectivity index (χ3n) is 3.47. The van der Waals surface area contributed by atoms with Gasteiger partial charge in [0, 0.05) is 22.5 Å². The molecule has 7 heteroatoms. The van der Waals surface area contributed by atoms with Crippen LogP contribution in [0, 0.1) is 0 Å². The topological polar surface area (TPSA) is 68.5 Å². The van der Waals surface area contributed by atoms with Gasteiger partial charge in [-0.25, -0.2) is 4.79 Å². The van der Waals surface area contributed by atoms with Gasteiger partial charge in [0.25, 0.3) is 5.91 Å². The summed E-state index contributed by atoms with van der Waals surface area (Å²) in [4.78, 5) is 23.6. The van der Waals surface area contributed by atoms with Gasteiger partial charge in [0.1, 0.15) is 11.3 Å². The van der Waals surface area contributed by atoms with Gasteiger partial charge in [-0.3, -0.25) is 4.79 Å². The lowest BCUT2D eigenvalue weighted by Gasteiger charge is -2.15. The SMILES string of the molecule is CC(Oc1ccc2ccc(=O)oc2c1)C(=O)Nc1ccc(Cl)cc1Cl. The van der Waals surface area contributed by atoms with Crippen molar-refractivity contribution in [2.24, 2.45) is 0 Å². The predicted octanol–water partition coefficient (Wildman–Crippen LogP) is 4.51. The maximum Gasteiger partial charge on any atom is 0.336 e. The number of carbonyl (C=O) groups excluding carboxylic acids is 1. The van der Waals surface area contributed by atoms with Crippen molar-refractivity contribution in [2.75, 3.05) is 5.32 Å². The molecule has 5 nitrogen and oxygen atoms in total. The van der Waals surface area contributed by atoms with Crippen LogP contribution >= 0.6 is 23.2 Å². The molecule has 2 aromatic carbocycles. The Kier molecular flexibility index (Phi) is 4.97. The Balaban J connectivity index is 1.73. The van der Waals surface area contributed by atoms with Crippen LogP contribution in [0.15, 0.2) is 57.7 Å². The molecule has 0 saturated carbocycles. The van der Waals surface area contributed by atoms with E-state index in [1.54, 1.807) is 43.3 Å². The molecule has 0 aliphatic rings. The number of ether oxygens (including phenoxy) is 1. The molecule has 0 fully saturated rings. The number of halogens is 2. The summed E-state index contributed by atoms with van der Waals surface area (Å²) in [7, 11) is 0. The summed E-state index contributed by atoms with van der Waals surface area (Å²) in [6, 6.07) is 12.8. The summed E-state index contributed by atoms with van der Waals surface area (Å²) < 4.78 is 10.7. The molecular weight excluding hydrogens is 365 g/mol. The van der Waals surface area contributed by atoms with Crippen molar-refractivity contribution in [1.82, 2.24) is 0 Å². The Labute approximate surface area is 153 Å². The maximum atomic E-state index is 12.3. The smallest absolute Gasteiger partial charge is 0.336 e. The molecule has 3 rings (SSSR count). The van der Waals surface area contributed by atoms with E-state index in [1.165, 1.54) is 12.1 Å². The van der Waals surface area contributed by atoms with Crippen molar-refractivity contribution in [3.8, 4) is 5.75 Å². The first-order valence-corrected chi connectivity index (χ1v) is 8.14. The van der Waals surface area contributed by atoms with E-state index in [1.807, 2.05) is 0 Å². The van der Waals surface area contributed by atoms with E-state index in [4.69, 9.17) is 32.4 Å². The van der Waals surface area contributed by atoms with Crippen LogP contribution in [0.5, 0.6) is 5.75 Å². The molecule has 1 amide bonds. The second kappa shape index (κ2) is 7.17. The number of hydrogen-bond donors (Lipinski definition) is 1. The first-order valence-electron chi connectivity index (χ1n) is 7.39. The quantitative estimate of drug-likeness (QED) is 0.679. The molecule has 1 atom stereocenters. The van der Waals surface area contributed by atoms with Gasteiger partial charge < -0.3 is 14.5 Å². The molecule has 0 aliphatic carbocycles. The van der Waals surface area contributed by atoms with E-state index in [0.29, 0.717) is 27.1 Å². The summed E-state index contributed by atoms with van der Waals surface area (Å²) in [6.45, 7) is 1.60. The number of rotatable bonds is 4. The summed E-state index contributed by atoms with van der Waals surface area (Å²) in [5, 5.41) is 4.25. The number of benzene rings is 2. The van der Waals surface area contributed by atoms with Crippen LogP contribution in [0.4, 0.5) is 5.69 Å². The molecule has 0 spiro atoms. The summed E-state index contributed by atoms with van der Waals surface area (Å²) in [6.07, 6.45) is -0.792. The fourth-order valence-corrected chi connectivity index (χ4v) is 2.65. The largest absolute Gasteiger partial charge is 0.481 e. The Bertz CT molecular complexity index is 1000. The third-order valence-corrected chi connectivity index (χ3v) is 4.01. The minimum Gasteiger partial charge on any atom is -0.481 e. The second-order valence-corrected chi connectivity index (χ2v) is 6.17. The Morgan fingerprint density at radius 3 is 2.64 bits per heavy atom. The number of anilines is 1. The van der Waals surface area contributed by atoms with E-state index in [2.05, 4.69) is 5.32 Å². The van der Waals surface area contributed by atoms with Crippen molar-refractivity contribution in [2.45, 2.75) is 13.0 Å². The predicted molar refractivity (Wildman–Crippen MR) is 97.7 cm³/mol. The monoisotopic (exact) mass is 377 g/mol. The molecule has 0 saturated heterocycles. The molecule has 0 bridgehead atoms. The van der Waals surface area contributed by atoms with Crippen LogP contribution in [-0.4, -0.2) is 12.0 Å². The van der Waals surface area contributed by atoms with Crippen molar-refractivity contribution in [3.05, 3.63) is 69.0 Å². The highest BCUT2D eigenvalue weighted by atomic mass is 35.5. The number of hydrogen-bond acceptors (Lipinski definition) is 4. The highest BCUT2D eigenvalue weighted by Crippen LogP contribution is 2.26. The number of carbonyl (C=O) groups is 1. The van der Waals surface area contributed by atoms with Crippen molar-refractivity contribution < 1.29 is 13.9 Å². The molecule has 0 aliphatic heterocycles. The minimum absolute atomic E-state index is 0.334. The number of amides is 1. The molecule has 1 aromatic heterocycles. The zero-order valence-corrected chi connectivity index (χ0v) is 14.6. The van der Waals surface area contributed by atoms with E-state index < -0.39 is 11.7 Å². The molecule has 0 radical (unpaired) electrons. The average Bonchev–Trinajstić information content (AvgIpc) is 2.57. The Morgan fingerprint density at radius 1 is 1.12 bits per heavy atom. The van der Waals surface area contributed by atoms with Crippen molar-refractivity contribution in [1.29, 1.82) is 0 Å². The average molecular weight is 378 g/mol. The van der Waals surface area contributed by atoms with Gasteiger partial charge in [-0.15, -0.1) is 0 Å². The van der Waals surface area contributed by atoms with Crippen LogP contribution in [0.3, 0.4) is 0 Å². The van der Waals surface area contributed by atoms with Gasteiger partial charge in [-0.2, -0.15) is 0 Å². The molecule has 25 heavy (non-hydrogen) atoms. The van der Waals surface area contributed by atoms with Crippen molar-refractivity contribution in [3.63, 3.8) is 0 Å². The lowest BCUT2D eigenvalue weighted by Crippen LogP contribution is -2.30. The molecule has 1 heterocycles. The first kappa shape index (κ1) is 17.3. The van der Waals surface area contributed by atoms with Crippen molar-refractivity contribution >= 4 is 45.8 Å². The van der Waals surface area contributed by atoms with Gasteiger partial charge in [0.15, 0.2) is 6.10 Å². The van der Waals surface area contributed by atoms with E-state index >= 15 is 0 Å². The molecule has 3 aromatic rings. The summed E-state index contributed by atoms with van der Waals surface area (Å²) >= 11 is 11.9. The Hall–Kier alpha value is -2.50. The van der Waals surface area contributed by atoms with Crippen LogP contribution in [0.25, 0.3) is 11.0 Å². The molecule has 128 valence electrons. The lowest BCUT2D eigenvalue weighted by molar-refractivity contribution is -0.122. The fraction of sp³-hybridized carbons (Fsp3) is 0.111. The number of nitrogens with one attached hydrogen (secondary N) is 1. The van der Waals surface area contributed by atoms with E-state index in [0.717, 1.165) is 5.39 Å². The zero-order valence-electron chi connectivity index (χ0n) is 13.1. The third kappa shape index (κ3) is 4.13. The Morgan fingerprint density at radius 2 is 1.88 bits per heavy atom. The molecular formula is C18H13Cl2NO4. The van der Waals surface area contributed by atoms with Gasteiger partial charge >= 0.3 is 5.63 Å². The first-order chi connectivity index (χ1) is 11.9. The lowest BCUT2D eigenvalue weighted by atomic mass is 10.2. The molecule has 1 N–H and O–H groups in total. The highest BCUT2D eigenvalue weighted by molar-refractivity contribution is 6.36. The second-order valence-electron chi connectivity index (χ2n) is 5.33. The van der Waals surface area contributed by atoms with Crippen LogP contribution in [-0.2, 0) is 4.79 Å². The van der Waals surface area contributed by atoms with Gasteiger partial charge in [0.2, 0.25) is 0 Å². The normalized spacial score (nSPS) is 12.0. The minimum atomic E-state index is -0.792.